The molecule has 3 rings (SSSR count). The van der Waals surface area contributed by atoms with E-state index >= 15 is 0 Å². The molecule has 3 aromatic rings. The third-order valence-electron chi connectivity index (χ3n) is 5.72. The monoisotopic (exact) mass is 672 g/mol. The minimum atomic E-state index is -6.00. The average Bonchev–Trinajstić information content (AvgIpc) is 3.24. The van der Waals surface area contributed by atoms with E-state index in [9.17, 15) is 34.5 Å². The first-order chi connectivity index (χ1) is 18.9. The van der Waals surface area contributed by atoms with E-state index in [1.165, 1.54) is 40.4 Å². The van der Waals surface area contributed by atoms with Crippen LogP contribution in [0.25, 0.3) is 20.9 Å². The highest BCUT2D eigenvalue weighted by Gasteiger charge is 2.34. The van der Waals surface area contributed by atoms with Gasteiger partial charge in [0.05, 0.1) is 0 Å². The molecule has 0 aliphatic rings. The lowest BCUT2D eigenvalue weighted by molar-refractivity contribution is 0.366. The predicted molar refractivity (Wildman–Crippen MR) is 175 cm³/mol. The van der Waals surface area contributed by atoms with Crippen LogP contribution >= 0.6 is 34.0 Å². The summed E-state index contributed by atoms with van der Waals surface area (Å²) in [5, 5.41) is 0. The van der Waals surface area contributed by atoms with Crippen LogP contribution in [-0.4, -0.2) is 14.5 Å². The fourth-order valence-electron chi connectivity index (χ4n) is 3.41. The van der Waals surface area contributed by atoms with E-state index in [0.717, 1.165) is 0 Å². The van der Waals surface area contributed by atoms with Crippen LogP contribution in [0.5, 0.6) is 0 Å². The van der Waals surface area contributed by atoms with Crippen molar-refractivity contribution in [3.8, 4) is 20.9 Å². The van der Waals surface area contributed by atoms with E-state index in [4.69, 9.17) is 0 Å². The second-order valence-corrected chi connectivity index (χ2v) is 17.6. The van der Waals surface area contributed by atoms with Crippen LogP contribution in [0.4, 0.5) is 34.5 Å². The Bertz CT molecular complexity index is 1170. The maximum Gasteiger partial charge on any atom is 0.673 e. The highest BCUT2D eigenvalue weighted by molar-refractivity contribution is 7.19. The summed E-state index contributed by atoms with van der Waals surface area (Å²) in [7, 11) is -12.0. The van der Waals surface area contributed by atoms with Crippen molar-refractivity contribution in [1.29, 1.82) is 0 Å². The molecular weight excluding hydrogens is 630 g/mol. The van der Waals surface area contributed by atoms with Crippen LogP contribution < -0.4 is 0 Å². The van der Waals surface area contributed by atoms with Crippen molar-refractivity contribution in [3.63, 3.8) is 0 Å². The first-order valence-electron chi connectivity index (χ1n) is 13.7. The molecule has 0 saturated heterocycles. The zero-order chi connectivity index (χ0) is 34.0. The Hall–Kier alpha value is -1.59. The van der Waals surface area contributed by atoms with Gasteiger partial charge < -0.3 is 34.5 Å². The van der Waals surface area contributed by atoms with Gasteiger partial charge in [-0.1, -0.05) is 83.1 Å². The Morgan fingerprint density at radius 3 is 0.791 bits per heavy atom. The van der Waals surface area contributed by atoms with Crippen molar-refractivity contribution >= 4 is 48.5 Å². The summed E-state index contributed by atoms with van der Waals surface area (Å²) in [6.07, 6.45) is 0. The number of hydrogen-bond donors (Lipinski definition) is 0. The maximum absolute atomic E-state index is 9.75. The Morgan fingerprint density at radius 2 is 0.628 bits per heavy atom. The first-order valence-corrected chi connectivity index (χ1v) is 16.1. The smallest absolute Gasteiger partial charge is 0.418 e. The van der Waals surface area contributed by atoms with Crippen LogP contribution in [0.15, 0.2) is 36.4 Å². The summed E-state index contributed by atoms with van der Waals surface area (Å²) < 4.78 is 78.0. The number of thiophene rings is 1. The molecule has 0 saturated carbocycles. The zero-order valence-electron chi connectivity index (χ0n) is 26.9. The fraction of sp³-hybridized carbons (Fsp3) is 0.533. The van der Waals surface area contributed by atoms with Crippen LogP contribution in [0.3, 0.4) is 0 Å². The van der Waals surface area contributed by atoms with E-state index in [1.54, 1.807) is 0 Å². The van der Waals surface area contributed by atoms with Gasteiger partial charge in [-0.15, -0.1) is 11.3 Å². The summed E-state index contributed by atoms with van der Waals surface area (Å²) >= 11 is 5.85. The Morgan fingerprint density at radius 1 is 0.442 bits per heavy atom. The molecule has 242 valence electrons. The van der Waals surface area contributed by atoms with Crippen molar-refractivity contribution in [2.75, 3.05) is 0 Å². The molecule has 0 fully saturated rings. The van der Waals surface area contributed by atoms with Crippen molar-refractivity contribution in [3.05, 3.63) is 55.9 Å². The molecular formula is C30H42B2F8S3. The second kappa shape index (κ2) is 13.8. The van der Waals surface area contributed by atoms with E-state index in [1.807, 2.05) is 34.0 Å². The minimum Gasteiger partial charge on any atom is -0.418 e. The molecule has 0 aromatic carbocycles. The summed E-state index contributed by atoms with van der Waals surface area (Å²) in [5.74, 6) is 0. The third kappa shape index (κ3) is 14.8. The lowest BCUT2D eigenvalue weighted by Crippen LogP contribution is -2.14. The van der Waals surface area contributed by atoms with Crippen LogP contribution in [-0.2, 0) is 21.7 Å². The molecule has 0 radical (unpaired) electrons. The minimum absolute atomic E-state index is 0.144. The highest BCUT2D eigenvalue weighted by atomic mass is 32.1. The van der Waals surface area contributed by atoms with Gasteiger partial charge in [0.15, 0.2) is 0 Å². The lowest BCUT2D eigenvalue weighted by atomic mass is 9.91. The van der Waals surface area contributed by atoms with Crippen molar-refractivity contribution < 1.29 is 34.5 Å². The summed E-state index contributed by atoms with van der Waals surface area (Å²) in [4.78, 5) is 8.52. The topological polar surface area (TPSA) is 0 Å². The van der Waals surface area contributed by atoms with Gasteiger partial charge in [-0.05, 0) is 12.1 Å². The molecule has 13 heteroatoms. The van der Waals surface area contributed by atoms with Crippen LogP contribution in [0.1, 0.15) is 103 Å². The van der Waals surface area contributed by atoms with E-state index < -0.39 is 14.5 Å². The molecule has 0 unspecified atom stereocenters. The van der Waals surface area contributed by atoms with Gasteiger partial charge >= 0.3 is 14.5 Å². The van der Waals surface area contributed by atoms with Crippen molar-refractivity contribution in [1.82, 2.24) is 0 Å². The summed E-state index contributed by atoms with van der Waals surface area (Å²) in [6, 6.07) is 14.3. The average molecular weight is 672 g/mol. The molecule has 3 heterocycles. The normalized spacial score (nSPS) is 13.1. The largest absolute Gasteiger partial charge is 0.673 e. The van der Waals surface area contributed by atoms with Gasteiger partial charge in [0, 0.05) is 66.8 Å². The Balaban J connectivity index is 0.000000798. The van der Waals surface area contributed by atoms with Crippen molar-refractivity contribution in [2.24, 2.45) is 0 Å². The van der Waals surface area contributed by atoms with Crippen LogP contribution in [0.2, 0.25) is 0 Å². The Kier molecular flexibility index (Phi) is 12.7. The van der Waals surface area contributed by atoms with Gasteiger partial charge in [-0.3, -0.25) is 0 Å². The molecule has 0 aliphatic heterocycles. The standard InChI is InChI=1S/C30H42S3.2BF4/c1-27(2,3)23-15-19(16-24(32-23)28(4,5)6)21-13-14-22(31-21)20-17-25(29(7,8)9)33-26(18-20)30(10,11)12;2*2-1(3,4)5/h13-18H,1-12H3;;/q+2;2*-1. The molecule has 0 nitrogen and oxygen atoms in total. The zero-order valence-corrected chi connectivity index (χ0v) is 29.3. The number of hydrogen-bond acceptors (Lipinski definition) is 1. The van der Waals surface area contributed by atoms with E-state index in [2.05, 4.69) is 119 Å². The fourth-order valence-corrected chi connectivity index (χ4v) is 6.84. The Labute approximate surface area is 263 Å². The number of rotatable bonds is 2. The molecule has 0 N–H and O–H groups in total. The second-order valence-electron chi connectivity index (χ2n) is 14.3. The molecule has 43 heavy (non-hydrogen) atoms. The summed E-state index contributed by atoms with van der Waals surface area (Å²) in [5.41, 5.74) is 3.28. The third-order valence-corrected chi connectivity index (χ3v) is 10.7. The summed E-state index contributed by atoms with van der Waals surface area (Å²) in [6.45, 7) is 27.9. The maximum atomic E-state index is 9.75. The van der Waals surface area contributed by atoms with Gasteiger partial charge in [-0.25, -0.2) is 0 Å². The molecule has 0 spiro atoms. The van der Waals surface area contributed by atoms with Crippen LogP contribution in [0, 0.1) is 0 Å². The SMILES string of the molecule is CC(C)(C)c1cc(-c2ccc(-c3cc(C(C)(C)C)[s+]c(C(C)(C)C)c3)s2)cc(C(C)(C)C)[s+]1.F[B-](F)(F)F.F[B-](F)(F)F. The molecule has 0 bridgehead atoms. The quantitative estimate of drug-likeness (QED) is 0.144. The van der Waals surface area contributed by atoms with Crippen molar-refractivity contribution in [2.45, 2.75) is 105 Å². The van der Waals surface area contributed by atoms with E-state index in [0.29, 0.717) is 0 Å². The molecule has 0 aliphatic carbocycles. The molecule has 3 aromatic heterocycles. The molecule has 0 amide bonds. The van der Waals surface area contributed by atoms with E-state index in [-0.39, 0.29) is 21.7 Å². The van der Waals surface area contributed by atoms with Gasteiger partial charge in [0.2, 0.25) is 42.2 Å². The number of halogens is 8. The molecule has 0 atom stereocenters. The lowest BCUT2D eigenvalue weighted by Gasteiger charge is -2.16. The van der Waals surface area contributed by atoms with Gasteiger partial charge in [-0.2, -0.15) is 0 Å². The predicted octanol–water partition coefficient (Wildman–Crippen LogP) is 13.6. The highest BCUT2D eigenvalue weighted by Crippen LogP contribution is 2.43. The van der Waals surface area contributed by atoms with Gasteiger partial charge in [0.1, 0.15) is 0 Å². The first kappa shape index (κ1) is 39.4. The van der Waals surface area contributed by atoms with Gasteiger partial charge in [0.25, 0.3) is 0 Å².